The van der Waals surface area contributed by atoms with Gasteiger partial charge in [-0.1, -0.05) is 0 Å². The van der Waals surface area contributed by atoms with E-state index in [4.69, 9.17) is 9.47 Å². The van der Waals surface area contributed by atoms with Crippen molar-refractivity contribution in [2.24, 2.45) is 0 Å². The van der Waals surface area contributed by atoms with Crippen LogP contribution in [0, 0.1) is 0 Å². The molecule has 1 aliphatic heterocycles. The minimum Gasteiger partial charge on any atom is -0.497 e. The zero-order chi connectivity index (χ0) is 14.5. The number of likely N-dealkylation sites (tertiary alicyclic amines) is 1. The largest absolute Gasteiger partial charge is 0.497 e. The molecule has 4 nitrogen and oxygen atoms in total. The molecule has 20 heavy (non-hydrogen) atoms. The van der Waals surface area contributed by atoms with Gasteiger partial charge in [0.2, 0.25) is 0 Å². The minimum atomic E-state index is -0.110. The van der Waals surface area contributed by atoms with Gasteiger partial charge in [-0.2, -0.15) is 0 Å². The fraction of sp³-hybridized carbons (Fsp3) is 0.562. The second-order valence-corrected chi connectivity index (χ2v) is 5.26. The SMILES string of the molecule is COc1ccc(C(=O)C(C)N2CCCC(OC)C2)cc1. The third-order valence-electron chi connectivity index (χ3n) is 4.04. The van der Waals surface area contributed by atoms with E-state index in [1.165, 1.54) is 0 Å². The topological polar surface area (TPSA) is 38.8 Å². The van der Waals surface area contributed by atoms with E-state index in [-0.39, 0.29) is 17.9 Å². The zero-order valence-corrected chi connectivity index (χ0v) is 12.5. The fourth-order valence-electron chi connectivity index (χ4n) is 2.67. The van der Waals surface area contributed by atoms with Gasteiger partial charge in [0.15, 0.2) is 5.78 Å². The van der Waals surface area contributed by atoms with E-state index < -0.39 is 0 Å². The van der Waals surface area contributed by atoms with E-state index in [1.54, 1.807) is 14.2 Å². The first-order valence-corrected chi connectivity index (χ1v) is 7.10. The van der Waals surface area contributed by atoms with Gasteiger partial charge in [-0.25, -0.2) is 0 Å². The molecule has 0 radical (unpaired) electrons. The van der Waals surface area contributed by atoms with Crippen LogP contribution in [0.3, 0.4) is 0 Å². The molecule has 2 rings (SSSR count). The molecule has 0 aromatic heterocycles. The maximum atomic E-state index is 12.5. The van der Waals surface area contributed by atoms with Crippen molar-refractivity contribution < 1.29 is 14.3 Å². The molecule has 0 bridgehead atoms. The van der Waals surface area contributed by atoms with Crippen molar-refractivity contribution in [3.8, 4) is 5.75 Å². The van der Waals surface area contributed by atoms with E-state index in [0.29, 0.717) is 0 Å². The molecule has 0 spiro atoms. The predicted molar refractivity (Wildman–Crippen MR) is 78.4 cm³/mol. The van der Waals surface area contributed by atoms with Crippen molar-refractivity contribution in [3.05, 3.63) is 29.8 Å². The summed E-state index contributed by atoms with van der Waals surface area (Å²) in [5.74, 6) is 0.927. The summed E-state index contributed by atoms with van der Waals surface area (Å²) in [5, 5.41) is 0. The lowest BCUT2D eigenvalue weighted by Gasteiger charge is -2.35. The second kappa shape index (κ2) is 6.86. The Hall–Kier alpha value is -1.39. The number of ether oxygens (including phenoxy) is 2. The van der Waals surface area contributed by atoms with Gasteiger partial charge < -0.3 is 9.47 Å². The number of carbonyl (C=O) groups excluding carboxylic acids is 1. The van der Waals surface area contributed by atoms with E-state index in [9.17, 15) is 4.79 Å². The minimum absolute atomic E-state index is 0.110. The third-order valence-corrected chi connectivity index (χ3v) is 4.04. The summed E-state index contributed by atoms with van der Waals surface area (Å²) in [6.45, 7) is 3.77. The summed E-state index contributed by atoms with van der Waals surface area (Å²) >= 11 is 0. The van der Waals surface area contributed by atoms with E-state index in [2.05, 4.69) is 4.90 Å². The normalized spacial score (nSPS) is 21.4. The number of methoxy groups -OCH3 is 2. The summed E-state index contributed by atoms with van der Waals surface area (Å²) < 4.78 is 10.5. The Labute approximate surface area is 120 Å². The average Bonchev–Trinajstić information content (AvgIpc) is 2.53. The van der Waals surface area contributed by atoms with Crippen LogP contribution < -0.4 is 4.74 Å². The number of benzene rings is 1. The molecule has 2 unspecified atom stereocenters. The lowest BCUT2D eigenvalue weighted by atomic mass is 10.0. The Kier molecular flexibility index (Phi) is 5.15. The Morgan fingerprint density at radius 2 is 2.00 bits per heavy atom. The first-order chi connectivity index (χ1) is 9.65. The number of nitrogens with zero attached hydrogens (tertiary/aromatic N) is 1. The number of piperidine rings is 1. The third kappa shape index (κ3) is 3.38. The number of hydrogen-bond donors (Lipinski definition) is 0. The van der Waals surface area contributed by atoms with Crippen LogP contribution in [0.4, 0.5) is 0 Å². The van der Waals surface area contributed by atoms with E-state index >= 15 is 0 Å². The maximum Gasteiger partial charge on any atom is 0.179 e. The average molecular weight is 277 g/mol. The van der Waals surface area contributed by atoms with Gasteiger partial charge >= 0.3 is 0 Å². The highest BCUT2D eigenvalue weighted by molar-refractivity contribution is 5.99. The molecule has 1 fully saturated rings. The zero-order valence-electron chi connectivity index (χ0n) is 12.5. The van der Waals surface area contributed by atoms with Crippen molar-refractivity contribution >= 4 is 5.78 Å². The Bertz CT molecular complexity index is 444. The van der Waals surface area contributed by atoms with Gasteiger partial charge in [-0.3, -0.25) is 9.69 Å². The number of Topliss-reactive ketones (excluding diaryl/α,β-unsaturated/α-hetero) is 1. The molecule has 4 heteroatoms. The molecule has 1 aliphatic rings. The van der Waals surface area contributed by atoms with Gasteiger partial charge in [0.1, 0.15) is 5.75 Å². The molecule has 1 aromatic rings. The van der Waals surface area contributed by atoms with E-state index in [1.807, 2.05) is 31.2 Å². The molecule has 0 amide bonds. The Morgan fingerprint density at radius 3 is 2.60 bits per heavy atom. The highest BCUT2D eigenvalue weighted by Crippen LogP contribution is 2.19. The number of ketones is 1. The van der Waals surface area contributed by atoms with Crippen LogP contribution in [0.25, 0.3) is 0 Å². The summed E-state index contributed by atoms with van der Waals surface area (Å²) in [5.41, 5.74) is 0.734. The number of rotatable bonds is 5. The molecule has 1 aromatic carbocycles. The Balaban J connectivity index is 2.03. The fourth-order valence-corrected chi connectivity index (χ4v) is 2.67. The molecular weight excluding hydrogens is 254 g/mol. The van der Waals surface area contributed by atoms with Crippen LogP contribution in [0.2, 0.25) is 0 Å². The first kappa shape index (κ1) is 15.0. The molecular formula is C16H23NO3. The summed E-state index contributed by atoms with van der Waals surface area (Å²) in [7, 11) is 3.36. The lowest BCUT2D eigenvalue weighted by molar-refractivity contribution is 0.0182. The standard InChI is InChI=1S/C16H23NO3/c1-12(17-10-4-5-15(11-17)20-3)16(18)13-6-8-14(19-2)9-7-13/h6-9,12,15H,4-5,10-11H2,1-3H3. The maximum absolute atomic E-state index is 12.5. The van der Waals surface area contributed by atoms with Gasteiger partial charge in [-0.15, -0.1) is 0 Å². The van der Waals surface area contributed by atoms with Crippen LogP contribution in [0.5, 0.6) is 5.75 Å². The summed E-state index contributed by atoms with van der Waals surface area (Å²) in [6, 6.07) is 7.20. The molecule has 1 saturated heterocycles. The number of carbonyl (C=O) groups is 1. The van der Waals surface area contributed by atoms with Crippen LogP contribution in [0.1, 0.15) is 30.1 Å². The molecule has 2 atom stereocenters. The van der Waals surface area contributed by atoms with Gasteiger partial charge in [0.25, 0.3) is 0 Å². The predicted octanol–water partition coefficient (Wildman–Crippen LogP) is 2.38. The van der Waals surface area contributed by atoms with Crippen molar-refractivity contribution in [1.29, 1.82) is 0 Å². The summed E-state index contributed by atoms with van der Waals surface area (Å²) in [4.78, 5) is 14.7. The second-order valence-electron chi connectivity index (χ2n) is 5.26. The summed E-state index contributed by atoms with van der Waals surface area (Å²) in [6.07, 6.45) is 2.41. The highest BCUT2D eigenvalue weighted by Gasteiger charge is 2.27. The molecule has 0 saturated carbocycles. The number of hydrogen-bond acceptors (Lipinski definition) is 4. The molecule has 0 aliphatic carbocycles. The monoisotopic (exact) mass is 277 g/mol. The lowest BCUT2D eigenvalue weighted by Crippen LogP contribution is -2.47. The van der Waals surface area contributed by atoms with Crippen LogP contribution in [-0.4, -0.2) is 50.1 Å². The van der Waals surface area contributed by atoms with Crippen LogP contribution in [0.15, 0.2) is 24.3 Å². The first-order valence-electron chi connectivity index (χ1n) is 7.10. The molecule has 0 N–H and O–H groups in total. The molecule has 1 heterocycles. The van der Waals surface area contributed by atoms with E-state index in [0.717, 1.165) is 37.2 Å². The van der Waals surface area contributed by atoms with Crippen molar-refractivity contribution in [1.82, 2.24) is 4.90 Å². The van der Waals surface area contributed by atoms with Gasteiger partial charge in [-0.05, 0) is 50.6 Å². The van der Waals surface area contributed by atoms with Crippen molar-refractivity contribution in [2.75, 3.05) is 27.3 Å². The van der Waals surface area contributed by atoms with Gasteiger partial charge in [0, 0.05) is 19.2 Å². The highest BCUT2D eigenvalue weighted by atomic mass is 16.5. The smallest absolute Gasteiger partial charge is 0.179 e. The van der Waals surface area contributed by atoms with Crippen LogP contribution in [-0.2, 0) is 4.74 Å². The Morgan fingerprint density at radius 1 is 1.30 bits per heavy atom. The van der Waals surface area contributed by atoms with Crippen molar-refractivity contribution in [2.45, 2.75) is 31.9 Å². The van der Waals surface area contributed by atoms with Crippen molar-refractivity contribution in [3.63, 3.8) is 0 Å². The quantitative estimate of drug-likeness (QED) is 0.775. The van der Waals surface area contributed by atoms with Crippen LogP contribution >= 0.6 is 0 Å². The molecule has 110 valence electrons. The van der Waals surface area contributed by atoms with Gasteiger partial charge in [0.05, 0.1) is 19.3 Å².